The number of ether oxygens (including phenoxy) is 1. The van der Waals surface area contributed by atoms with Gasteiger partial charge in [-0.2, -0.15) is 0 Å². The third-order valence-electron chi connectivity index (χ3n) is 4.14. The van der Waals surface area contributed by atoms with Crippen LogP contribution >= 0.6 is 0 Å². The Bertz CT molecular complexity index is 215. The lowest BCUT2D eigenvalue weighted by Gasteiger charge is -2.38. The molecule has 0 aliphatic carbocycles. The topological polar surface area (TPSA) is 27.7 Å². The summed E-state index contributed by atoms with van der Waals surface area (Å²) in [5, 5.41) is 3.54. The number of nitrogens with zero attached hydrogens (tertiary/aromatic N) is 2. The first-order chi connectivity index (χ1) is 9.15. The third-order valence-corrected chi connectivity index (χ3v) is 4.14. The van der Waals surface area contributed by atoms with E-state index in [-0.39, 0.29) is 0 Å². The summed E-state index contributed by atoms with van der Waals surface area (Å²) >= 11 is 0. The Morgan fingerprint density at radius 2 is 2.00 bits per heavy atom. The van der Waals surface area contributed by atoms with Crippen molar-refractivity contribution < 1.29 is 4.74 Å². The molecule has 19 heavy (non-hydrogen) atoms. The molecule has 0 aromatic carbocycles. The minimum atomic E-state index is 0.648. The highest BCUT2D eigenvalue weighted by Crippen LogP contribution is 2.15. The Morgan fingerprint density at radius 3 is 2.58 bits per heavy atom. The lowest BCUT2D eigenvalue weighted by atomic mass is 10.0. The van der Waals surface area contributed by atoms with Crippen molar-refractivity contribution >= 4 is 0 Å². The minimum Gasteiger partial charge on any atom is -0.382 e. The molecule has 114 valence electrons. The van der Waals surface area contributed by atoms with E-state index < -0.39 is 0 Å². The largest absolute Gasteiger partial charge is 0.382 e. The Balaban J connectivity index is 2.05. The van der Waals surface area contributed by atoms with Crippen LogP contribution < -0.4 is 5.32 Å². The van der Waals surface area contributed by atoms with Crippen molar-refractivity contribution in [2.75, 3.05) is 53.5 Å². The second-order valence-electron chi connectivity index (χ2n) is 5.83. The Morgan fingerprint density at radius 1 is 1.32 bits per heavy atom. The zero-order chi connectivity index (χ0) is 14.1. The predicted octanol–water partition coefficient (Wildman–Crippen LogP) is 1.42. The van der Waals surface area contributed by atoms with Crippen LogP contribution in [0.15, 0.2) is 0 Å². The van der Waals surface area contributed by atoms with Gasteiger partial charge in [0.15, 0.2) is 0 Å². The lowest BCUT2D eigenvalue weighted by molar-refractivity contribution is 0.112. The molecule has 1 aliphatic rings. The number of rotatable bonds is 9. The van der Waals surface area contributed by atoms with Crippen LogP contribution in [0.25, 0.3) is 0 Å². The fourth-order valence-electron chi connectivity index (χ4n) is 2.73. The summed E-state index contributed by atoms with van der Waals surface area (Å²) in [6.07, 6.45) is 3.73. The first-order valence-corrected chi connectivity index (χ1v) is 7.84. The maximum atomic E-state index is 5.34. The molecule has 1 fully saturated rings. The molecule has 1 heterocycles. The predicted molar refractivity (Wildman–Crippen MR) is 81.7 cm³/mol. The molecule has 4 heteroatoms. The van der Waals surface area contributed by atoms with Gasteiger partial charge in [-0.25, -0.2) is 0 Å². The van der Waals surface area contributed by atoms with Gasteiger partial charge in [-0.3, -0.25) is 4.90 Å². The molecule has 0 radical (unpaired) electrons. The van der Waals surface area contributed by atoms with E-state index in [2.05, 4.69) is 36.1 Å². The molecular weight excluding hydrogens is 238 g/mol. The number of piperidine rings is 1. The number of hydrogen-bond acceptors (Lipinski definition) is 4. The van der Waals surface area contributed by atoms with Crippen molar-refractivity contribution in [1.29, 1.82) is 0 Å². The second kappa shape index (κ2) is 9.70. The zero-order valence-electron chi connectivity index (χ0n) is 13.3. The molecule has 1 aliphatic heterocycles. The van der Waals surface area contributed by atoms with Crippen molar-refractivity contribution in [2.24, 2.45) is 0 Å². The molecular formula is C15H33N3O. The van der Waals surface area contributed by atoms with Crippen LogP contribution in [0.1, 0.15) is 33.1 Å². The quantitative estimate of drug-likeness (QED) is 0.642. The van der Waals surface area contributed by atoms with Gasteiger partial charge in [-0.05, 0) is 66.8 Å². The van der Waals surface area contributed by atoms with Crippen LogP contribution in [0.3, 0.4) is 0 Å². The highest BCUT2D eigenvalue weighted by atomic mass is 16.5. The van der Waals surface area contributed by atoms with Gasteiger partial charge in [-0.1, -0.05) is 0 Å². The second-order valence-corrected chi connectivity index (χ2v) is 5.83. The van der Waals surface area contributed by atoms with E-state index >= 15 is 0 Å². The summed E-state index contributed by atoms with van der Waals surface area (Å²) in [4.78, 5) is 4.99. The van der Waals surface area contributed by atoms with E-state index in [1.54, 1.807) is 0 Å². The maximum Gasteiger partial charge on any atom is 0.0477 e. The maximum absolute atomic E-state index is 5.34. The molecule has 0 aromatic heterocycles. The van der Waals surface area contributed by atoms with Gasteiger partial charge >= 0.3 is 0 Å². The van der Waals surface area contributed by atoms with Crippen LogP contribution in [-0.4, -0.2) is 75.4 Å². The smallest absolute Gasteiger partial charge is 0.0477 e. The fraction of sp³-hybridized carbons (Fsp3) is 1.00. The summed E-state index contributed by atoms with van der Waals surface area (Å²) < 4.78 is 5.34. The Kier molecular flexibility index (Phi) is 8.62. The monoisotopic (exact) mass is 271 g/mol. The van der Waals surface area contributed by atoms with Crippen LogP contribution in [0.4, 0.5) is 0 Å². The molecule has 0 saturated carbocycles. The van der Waals surface area contributed by atoms with Gasteiger partial charge in [0, 0.05) is 31.8 Å². The normalized spacial score (nSPS) is 20.1. The van der Waals surface area contributed by atoms with Crippen molar-refractivity contribution in [3.05, 3.63) is 0 Å². The molecule has 0 aromatic rings. The SMILES string of the molecule is CCOCCCNCC(C)N1CCC(N(C)C)CC1. The number of likely N-dealkylation sites (tertiary alicyclic amines) is 1. The highest BCUT2D eigenvalue weighted by Gasteiger charge is 2.23. The van der Waals surface area contributed by atoms with E-state index in [1.165, 1.54) is 25.9 Å². The molecule has 1 unspecified atom stereocenters. The average molecular weight is 271 g/mol. The summed E-state index contributed by atoms with van der Waals surface area (Å²) in [6, 6.07) is 1.43. The summed E-state index contributed by atoms with van der Waals surface area (Å²) in [6.45, 7) is 10.7. The Labute approximate surface area is 119 Å². The molecule has 0 spiro atoms. The summed E-state index contributed by atoms with van der Waals surface area (Å²) in [7, 11) is 4.40. The fourth-order valence-corrected chi connectivity index (χ4v) is 2.73. The van der Waals surface area contributed by atoms with Crippen LogP contribution in [0, 0.1) is 0 Å². The number of hydrogen-bond donors (Lipinski definition) is 1. The van der Waals surface area contributed by atoms with Gasteiger partial charge in [0.1, 0.15) is 0 Å². The van der Waals surface area contributed by atoms with E-state index in [0.29, 0.717) is 6.04 Å². The molecule has 4 nitrogen and oxygen atoms in total. The van der Waals surface area contributed by atoms with Crippen molar-refractivity contribution in [3.63, 3.8) is 0 Å². The third kappa shape index (κ3) is 6.70. The molecule has 0 amide bonds. The molecule has 1 atom stereocenters. The molecule has 0 bridgehead atoms. The summed E-state index contributed by atoms with van der Waals surface area (Å²) in [5.74, 6) is 0. The van der Waals surface area contributed by atoms with E-state index in [4.69, 9.17) is 4.74 Å². The zero-order valence-corrected chi connectivity index (χ0v) is 13.3. The summed E-state index contributed by atoms with van der Waals surface area (Å²) in [5.41, 5.74) is 0. The molecule has 1 rings (SSSR count). The van der Waals surface area contributed by atoms with Crippen LogP contribution in [0.2, 0.25) is 0 Å². The first-order valence-electron chi connectivity index (χ1n) is 7.84. The van der Waals surface area contributed by atoms with Gasteiger partial charge in [0.2, 0.25) is 0 Å². The van der Waals surface area contributed by atoms with Crippen LogP contribution in [0.5, 0.6) is 0 Å². The van der Waals surface area contributed by atoms with Gasteiger partial charge in [0.05, 0.1) is 0 Å². The van der Waals surface area contributed by atoms with E-state index in [0.717, 1.165) is 38.8 Å². The standard InChI is InChI=1S/C15H33N3O/c1-5-19-12-6-9-16-13-14(2)18-10-7-15(8-11-18)17(3)4/h14-16H,5-13H2,1-4H3. The van der Waals surface area contributed by atoms with E-state index in [9.17, 15) is 0 Å². The molecule has 1 saturated heterocycles. The van der Waals surface area contributed by atoms with Gasteiger partial charge in [0.25, 0.3) is 0 Å². The molecule has 1 N–H and O–H groups in total. The van der Waals surface area contributed by atoms with Crippen molar-refractivity contribution in [2.45, 2.75) is 45.2 Å². The van der Waals surface area contributed by atoms with Crippen molar-refractivity contribution in [3.8, 4) is 0 Å². The Hall–Kier alpha value is -0.160. The van der Waals surface area contributed by atoms with Crippen molar-refractivity contribution in [1.82, 2.24) is 15.1 Å². The number of nitrogens with one attached hydrogen (secondary N) is 1. The van der Waals surface area contributed by atoms with Gasteiger partial charge < -0.3 is 15.0 Å². The average Bonchev–Trinajstić information content (AvgIpc) is 2.42. The highest BCUT2D eigenvalue weighted by molar-refractivity contribution is 4.80. The lowest BCUT2D eigenvalue weighted by Crippen LogP contribution is -2.48. The van der Waals surface area contributed by atoms with E-state index in [1.807, 2.05) is 6.92 Å². The van der Waals surface area contributed by atoms with Crippen LogP contribution in [-0.2, 0) is 4.74 Å². The first kappa shape index (κ1) is 16.9. The minimum absolute atomic E-state index is 0.648. The van der Waals surface area contributed by atoms with Gasteiger partial charge in [-0.15, -0.1) is 0 Å².